The molecule has 2 rings (SSSR count). The molecule has 0 saturated carbocycles. The molecule has 0 fully saturated rings. The van der Waals surface area contributed by atoms with Gasteiger partial charge in [-0.2, -0.15) is 16.8 Å². The Kier molecular flexibility index (Phi) is 5.09. The fourth-order valence-electron chi connectivity index (χ4n) is 1.58. The molecule has 1 aromatic heterocycles. The van der Waals surface area contributed by atoms with Crippen LogP contribution < -0.4 is 8.37 Å². The van der Waals surface area contributed by atoms with Gasteiger partial charge >= 0.3 is 20.2 Å². The van der Waals surface area contributed by atoms with Crippen molar-refractivity contribution in [2.75, 3.05) is 5.75 Å². The standard InChI is InChI=1S/C13H14O6S3/c1-2-8-21(14,15)18-12-9-20-10-13(12)19-22(16,17)11-6-4-3-5-7-11/h3-7,9-10H,2,8H2,1H3. The second-order valence-electron chi connectivity index (χ2n) is 4.30. The van der Waals surface area contributed by atoms with E-state index in [1.165, 1.54) is 22.9 Å². The quantitative estimate of drug-likeness (QED) is 0.704. The van der Waals surface area contributed by atoms with Crippen LogP contribution in [0.25, 0.3) is 0 Å². The number of hydrogen-bond acceptors (Lipinski definition) is 7. The second-order valence-corrected chi connectivity index (χ2v) is 8.28. The van der Waals surface area contributed by atoms with E-state index in [1.54, 1.807) is 25.1 Å². The van der Waals surface area contributed by atoms with Crippen molar-refractivity contribution in [2.45, 2.75) is 18.2 Å². The van der Waals surface area contributed by atoms with E-state index < -0.39 is 20.2 Å². The summed E-state index contributed by atoms with van der Waals surface area (Å²) in [6.07, 6.45) is 0.394. The van der Waals surface area contributed by atoms with E-state index in [0.717, 1.165) is 11.3 Å². The highest BCUT2D eigenvalue weighted by molar-refractivity contribution is 7.87. The van der Waals surface area contributed by atoms with Crippen molar-refractivity contribution >= 4 is 31.6 Å². The highest BCUT2D eigenvalue weighted by Gasteiger charge is 2.22. The fraction of sp³-hybridized carbons (Fsp3) is 0.231. The summed E-state index contributed by atoms with van der Waals surface area (Å²) in [7, 11) is -7.81. The molecule has 22 heavy (non-hydrogen) atoms. The van der Waals surface area contributed by atoms with Gasteiger partial charge in [-0.1, -0.05) is 25.1 Å². The van der Waals surface area contributed by atoms with Gasteiger partial charge in [-0.25, -0.2) is 0 Å². The molecule has 0 aliphatic rings. The molecule has 120 valence electrons. The molecular weight excluding hydrogens is 348 g/mol. The van der Waals surface area contributed by atoms with Crippen LogP contribution in [0.5, 0.6) is 11.5 Å². The minimum Gasteiger partial charge on any atom is -0.377 e. The van der Waals surface area contributed by atoms with Gasteiger partial charge in [0.25, 0.3) is 0 Å². The van der Waals surface area contributed by atoms with E-state index in [2.05, 4.69) is 0 Å². The summed E-state index contributed by atoms with van der Waals surface area (Å²) in [6.45, 7) is 1.70. The molecule has 0 unspecified atom stereocenters. The van der Waals surface area contributed by atoms with Crippen LogP contribution in [0.1, 0.15) is 13.3 Å². The highest BCUT2D eigenvalue weighted by atomic mass is 32.2. The van der Waals surface area contributed by atoms with Crippen molar-refractivity contribution < 1.29 is 25.2 Å². The minimum absolute atomic E-state index is 0.0245. The summed E-state index contributed by atoms with van der Waals surface area (Å²) >= 11 is 1.08. The molecule has 0 radical (unpaired) electrons. The first-order valence-corrected chi connectivity index (χ1v) is 10.2. The van der Waals surface area contributed by atoms with Gasteiger partial charge < -0.3 is 8.37 Å². The van der Waals surface area contributed by atoms with Crippen LogP contribution in [0.2, 0.25) is 0 Å². The van der Waals surface area contributed by atoms with Gasteiger partial charge in [0.15, 0.2) is 11.5 Å². The molecule has 0 atom stereocenters. The molecule has 6 nitrogen and oxygen atoms in total. The van der Waals surface area contributed by atoms with E-state index in [4.69, 9.17) is 8.37 Å². The van der Waals surface area contributed by atoms with Crippen LogP contribution in [-0.2, 0) is 20.2 Å². The molecule has 0 bridgehead atoms. The molecule has 2 aromatic rings. The molecule has 0 spiro atoms. The Bertz CT molecular complexity index is 822. The Morgan fingerprint density at radius 1 is 0.955 bits per heavy atom. The first kappa shape index (κ1) is 16.8. The number of hydrogen-bond donors (Lipinski definition) is 0. The van der Waals surface area contributed by atoms with E-state index in [-0.39, 0.29) is 22.1 Å². The third-order valence-corrected chi connectivity index (χ3v) is 5.79. The third-order valence-electron chi connectivity index (χ3n) is 2.50. The van der Waals surface area contributed by atoms with Gasteiger partial charge in [0, 0.05) is 10.8 Å². The van der Waals surface area contributed by atoms with Crippen LogP contribution in [0, 0.1) is 0 Å². The van der Waals surface area contributed by atoms with Gasteiger partial charge in [0.1, 0.15) is 4.90 Å². The van der Waals surface area contributed by atoms with Crippen molar-refractivity contribution in [1.82, 2.24) is 0 Å². The number of thiophene rings is 1. The van der Waals surface area contributed by atoms with Gasteiger partial charge in [0.05, 0.1) is 5.75 Å². The predicted molar refractivity (Wildman–Crippen MR) is 83.3 cm³/mol. The van der Waals surface area contributed by atoms with E-state index >= 15 is 0 Å². The molecule has 0 aliphatic carbocycles. The van der Waals surface area contributed by atoms with Crippen molar-refractivity contribution in [3.05, 3.63) is 41.1 Å². The summed E-state index contributed by atoms with van der Waals surface area (Å²) in [4.78, 5) is -0.0245. The van der Waals surface area contributed by atoms with Crippen molar-refractivity contribution in [2.24, 2.45) is 0 Å². The first-order valence-electron chi connectivity index (χ1n) is 6.32. The smallest absolute Gasteiger partial charge is 0.339 e. The average molecular weight is 362 g/mol. The monoisotopic (exact) mass is 362 g/mol. The average Bonchev–Trinajstić information content (AvgIpc) is 2.85. The molecule has 1 aromatic carbocycles. The molecule has 0 aliphatic heterocycles. The SMILES string of the molecule is CCCS(=O)(=O)Oc1cscc1OS(=O)(=O)c1ccccc1. The largest absolute Gasteiger partial charge is 0.377 e. The molecule has 0 N–H and O–H groups in total. The third kappa shape index (κ3) is 4.21. The lowest BCUT2D eigenvalue weighted by Gasteiger charge is -2.09. The van der Waals surface area contributed by atoms with Crippen LogP contribution in [-0.4, -0.2) is 22.6 Å². The summed E-state index contributed by atoms with van der Waals surface area (Å²) < 4.78 is 57.4. The number of benzene rings is 1. The molecule has 1 heterocycles. The maximum atomic E-state index is 12.1. The Balaban J connectivity index is 2.24. The summed E-state index contributed by atoms with van der Waals surface area (Å²) in [5, 5.41) is 2.75. The van der Waals surface area contributed by atoms with Gasteiger partial charge in [-0.3, -0.25) is 0 Å². The molecule has 0 amide bonds. The Morgan fingerprint density at radius 2 is 1.55 bits per heavy atom. The summed E-state index contributed by atoms with van der Waals surface area (Å²) in [6, 6.07) is 7.57. The molecular formula is C13H14O6S3. The van der Waals surface area contributed by atoms with Gasteiger partial charge in [0.2, 0.25) is 0 Å². The summed E-state index contributed by atoms with van der Waals surface area (Å²) in [5.41, 5.74) is 0. The van der Waals surface area contributed by atoms with Crippen LogP contribution in [0.15, 0.2) is 46.0 Å². The normalized spacial score (nSPS) is 12.0. The van der Waals surface area contributed by atoms with E-state index in [9.17, 15) is 16.8 Å². The fourth-order valence-corrected chi connectivity index (χ4v) is 4.28. The van der Waals surface area contributed by atoms with Crippen molar-refractivity contribution in [3.8, 4) is 11.5 Å². The number of rotatable bonds is 7. The van der Waals surface area contributed by atoms with Crippen LogP contribution >= 0.6 is 11.3 Å². The first-order chi connectivity index (χ1) is 10.3. The Hall–Kier alpha value is -1.58. The lowest BCUT2D eigenvalue weighted by molar-refractivity contribution is 0.451. The topological polar surface area (TPSA) is 86.7 Å². The van der Waals surface area contributed by atoms with Crippen molar-refractivity contribution in [3.63, 3.8) is 0 Å². The molecule has 9 heteroatoms. The zero-order valence-corrected chi connectivity index (χ0v) is 14.1. The maximum absolute atomic E-state index is 12.1. The van der Waals surface area contributed by atoms with E-state index in [1.807, 2.05) is 0 Å². The zero-order valence-electron chi connectivity index (χ0n) is 11.6. The van der Waals surface area contributed by atoms with Crippen molar-refractivity contribution in [1.29, 1.82) is 0 Å². The maximum Gasteiger partial charge on any atom is 0.339 e. The van der Waals surface area contributed by atoms with Gasteiger partial charge in [-0.05, 0) is 18.6 Å². The summed E-state index contributed by atoms with van der Waals surface area (Å²) in [5.74, 6) is -0.431. The minimum atomic E-state index is -4.04. The Morgan fingerprint density at radius 3 is 2.14 bits per heavy atom. The predicted octanol–water partition coefficient (Wildman–Crippen LogP) is 2.63. The highest BCUT2D eigenvalue weighted by Crippen LogP contribution is 2.34. The zero-order chi connectivity index (χ0) is 16.2. The Labute approximate surface area is 133 Å². The lowest BCUT2D eigenvalue weighted by atomic mass is 10.4. The lowest BCUT2D eigenvalue weighted by Crippen LogP contribution is -2.14. The van der Waals surface area contributed by atoms with Crippen LogP contribution in [0.4, 0.5) is 0 Å². The second kappa shape index (κ2) is 6.67. The molecule has 0 saturated heterocycles. The van der Waals surface area contributed by atoms with Crippen LogP contribution in [0.3, 0.4) is 0 Å². The van der Waals surface area contributed by atoms with E-state index in [0.29, 0.717) is 6.42 Å². The van der Waals surface area contributed by atoms with Gasteiger partial charge in [-0.15, -0.1) is 11.3 Å².